The smallest absolute Gasteiger partial charge is 0.341 e. The van der Waals surface area contributed by atoms with Crippen LogP contribution in [0.3, 0.4) is 0 Å². The first-order valence-corrected chi connectivity index (χ1v) is 9.34. The van der Waals surface area contributed by atoms with Gasteiger partial charge in [-0.25, -0.2) is 9.78 Å². The average molecular weight is 427 g/mol. The summed E-state index contributed by atoms with van der Waals surface area (Å²) in [4.78, 5) is 39.4. The molecule has 0 spiro atoms. The van der Waals surface area contributed by atoms with E-state index >= 15 is 0 Å². The van der Waals surface area contributed by atoms with E-state index in [9.17, 15) is 24.1 Å². The Bertz CT molecular complexity index is 1090. The maximum absolute atomic E-state index is 13.4. The van der Waals surface area contributed by atoms with Gasteiger partial charge in [-0.05, 0) is 36.4 Å². The molecule has 152 valence electrons. The third kappa shape index (κ3) is 5.39. The third-order valence-corrected chi connectivity index (χ3v) is 4.74. The molecule has 0 fully saturated rings. The fourth-order valence-electron chi connectivity index (χ4n) is 2.36. The molecule has 0 saturated heterocycles. The number of ether oxygens (including phenoxy) is 1. The number of anilines is 1. The van der Waals surface area contributed by atoms with Crippen molar-refractivity contribution >= 4 is 35.0 Å². The van der Waals surface area contributed by atoms with E-state index in [2.05, 4.69) is 10.3 Å². The van der Waals surface area contributed by atoms with Gasteiger partial charge in [-0.3, -0.25) is 14.9 Å². The Morgan fingerprint density at radius 3 is 2.63 bits per heavy atom. The molecule has 0 radical (unpaired) electrons. The van der Waals surface area contributed by atoms with Gasteiger partial charge in [0.2, 0.25) is 5.82 Å². The number of amides is 1. The molecule has 1 heterocycles. The maximum atomic E-state index is 13.4. The third-order valence-electron chi connectivity index (χ3n) is 3.71. The molecule has 0 saturated carbocycles. The highest BCUT2D eigenvalue weighted by atomic mass is 32.2. The molecule has 2 aromatic carbocycles. The Morgan fingerprint density at radius 2 is 1.90 bits per heavy atom. The Hall–Kier alpha value is -3.79. The number of pyridine rings is 1. The molecule has 3 rings (SSSR count). The van der Waals surface area contributed by atoms with E-state index in [0.717, 1.165) is 23.1 Å². The summed E-state index contributed by atoms with van der Waals surface area (Å²) in [5, 5.41) is 13.5. The summed E-state index contributed by atoms with van der Waals surface area (Å²) in [5.41, 5.74) is -0.579. The highest BCUT2D eigenvalue weighted by Gasteiger charge is 2.18. The minimum Gasteiger partial charge on any atom is -0.452 e. The molecular formula is C20H14FN3O5S. The molecule has 0 aliphatic rings. The molecule has 0 aliphatic carbocycles. The van der Waals surface area contributed by atoms with Gasteiger partial charge in [-0.2, -0.15) is 4.39 Å². The average Bonchev–Trinajstić information content (AvgIpc) is 2.74. The van der Waals surface area contributed by atoms with Crippen LogP contribution < -0.4 is 5.32 Å². The number of carbonyl (C=O) groups excluding carboxylic acids is 2. The number of esters is 1. The summed E-state index contributed by atoms with van der Waals surface area (Å²) < 4.78 is 18.4. The first-order valence-electron chi connectivity index (χ1n) is 8.53. The summed E-state index contributed by atoms with van der Waals surface area (Å²) in [5.74, 6) is -2.50. The number of hydrogen-bond donors (Lipinski definition) is 1. The highest BCUT2D eigenvalue weighted by Crippen LogP contribution is 2.28. The Balaban J connectivity index is 1.63. The Kier molecular flexibility index (Phi) is 6.71. The van der Waals surface area contributed by atoms with Crippen LogP contribution >= 0.6 is 11.8 Å². The zero-order valence-electron chi connectivity index (χ0n) is 15.3. The summed E-state index contributed by atoms with van der Waals surface area (Å²) in [6.07, 6.45) is 1.54. The second-order valence-corrected chi connectivity index (χ2v) is 6.88. The van der Waals surface area contributed by atoms with Crippen LogP contribution in [-0.4, -0.2) is 28.4 Å². The molecule has 0 atom stereocenters. The van der Waals surface area contributed by atoms with Gasteiger partial charge in [0.05, 0.1) is 10.5 Å². The molecule has 8 nitrogen and oxygen atoms in total. The van der Waals surface area contributed by atoms with Crippen molar-refractivity contribution in [1.29, 1.82) is 0 Å². The van der Waals surface area contributed by atoms with Crippen molar-refractivity contribution in [2.75, 3.05) is 11.9 Å². The van der Waals surface area contributed by atoms with Crippen LogP contribution in [0.5, 0.6) is 0 Å². The van der Waals surface area contributed by atoms with Crippen LogP contribution in [0.4, 0.5) is 15.8 Å². The van der Waals surface area contributed by atoms with Crippen LogP contribution in [0.2, 0.25) is 0 Å². The number of carbonyl (C=O) groups is 2. The molecule has 1 aromatic heterocycles. The topological polar surface area (TPSA) is 111 Å². The van der Waals surface area contributed by atoms with Crippen LogP contribution in [0.15, 0.2) is 76.8 Å². The standard InChI is InChI=1S/C20H14FN3O5S/c21-16-9-8-13(11-17(16)24(27)28)23-18(25)12-29-20(26)15-7-4-10-22-19(15)30-14-5-2-1-3-6-14/h1-11H,12H2,(H,23,25). The van der Waals surface area contributed by atoms with Crippen molar-refractivity contribution in [2.24, 2.45) is 0 Å². The van der Waals surface area contributed by atoms with Crippen molar-refractivity contribution in [1.82, 2.24) is 4.98 Å². The minimum absolute atomic E-state index is 0.00542. The number of nitrogens with zero attached hydrogens (tertiary/aromatic N) is 2. The number of nitro groups is 1. The van der Waals surface area contributed by atoms with Crippen LogP contribution in [0.1, 0.15) is 10.4 Å². The predicted molar refractivity (Wildman–Crippen MR) is 107 cm³/mol. The first kappa shape index (κ1) is 20.9. The van der Waals surface area contributed by atoms with Gasteiger partial charge in [0, 0.05) is 22.8 Å². The summed E-state index contributed by atoms with van der Waals surface area (Å²) >= 11 is 1.27. The largest absolute Gasteiger partial charge is 0.452 e. The number of nitro benzene ring substituents is 1. The van der Waals surface area contributed by atoms with Gasteiger partial charge in [-0.1, -0.05) is 30.0 Å². The van der Waals surface area contributed by atoms with Crippen molar-refractivity contribution in [3.05, 3.63) is 88.4 Å². The van der Waals surface area contributed by atoms with Gasteiger partial charge in [0.15, 0.2) is 6.61 Å². The van der Waals surface area contributed by atoms with Gasteiger partial charge >= 0.3 is 11.7 Å². The lowest BCUT2D eigenvalue weighted by atomic mass is 10.2. The molecule has 1 amide bonds. The van der Waals surface area contributed by atoms with Gasteiger partial charge in [-0.15, -0.1) is 0 Å². The first-order chi connectivity index (χ1) is 14.4. The predicted octanol–water partition coefficient (Wildman–Crippen LogP) is 4.08. The number of aromatic nitrogens is 1. The molecule has 3 aromatic rings. The zero-order chi connectivity index (χ0) is 21.5. The van der Waals surface area contributed by atoms with E-state index in [-0.39, 0.29) is 11.3 Å². The summed E-state index contributed by atoms with van der Waals surface area (Å²) in [7, 11) is 0. The fourth-order valence-corrected chi connectivity index (χ4v) is 3.26. The van der Waals surface area contributed by atoms with Crippen molar-refractivity contribution < 1.29 is 23.6 Å². The van der Waals surface area contributed by atoms with E-state index in [1.165, 1.54) is 24.0 Å². The minimum atomic E-state index is -1.02. The second kappa shape index (κ2) is 9.61. The SMILES string of the molecule is O=C(COC(=O)c1cccnc1Sc1ccccc1)Nc1ccc(F)c([N+](=O)[O-])c1. The van der Waals surface area contributed by atoms with Crippen molar-refractivity contribution in [3.8, 4) is 0 Å². The van der Waals surface area contributed by atoms with E-state index in [1.54, 1.807) is 6.07 Å². The van der Waals surface area contributed by atoms with E-state index in [0.29, 0.717) is 5.03 Å². The molecule has 1 N–H and O–H groups in total. The van der Waals surface area contributed by atoms with Gasteiger partial charge in [0.25, 0.3) is 5.91 Å². The summed E-state index contributed by atoms with van der Waals surface area (Å²) in [6.45, 7) is -0.631. The van der Waals surface area contributed by atoms with Crippen LogP contribution in [-0.2, 0) is 9.53 Å². The van der Waals surface area contributed by atoms with Crippen LogP contribution in [0, 0.1) is 15.9 Å². The Morgan fingerprint density at radius 1 is 1.13 bits per heavy atom. The lowest BCUT2D eigenvalue weighted by Crippen LogP contribution is -2.21. The molecule has 30 heavy (non-hydrogen) atoms. The number of nitrogens with one attached hydrogen (secondary N) is 1. The second-order valence-electron chi connectivity index (χ2n) is 5.82. The lowest BCUT2D eigenvalue weighted by molar-refractivity contribution is -0.387. The number of benzene rings is 2. The normalized spacial score (nSPS) is 10.3. The monoisotopic (exact) mass is 427 g/mol. The van der Waals surface area contributed by atoms with Gasteiger partial charge in [0.1, 0.15) is 5.03 Å². The molecule has 0 bridgehead atoms. The summed E-state index contributed by atoms with van der Waals surface area (Å²) in [6, 6.07) is 15.3. The fraction of sp³-hybridized carbons (Fsp3) is 0.0500. The Labute approximate surface area is 174 Å². The van der Waals surface area contributed by atoms with Crippen molar-refractivity contribution in [3.63, 3.8) is 0 Å². The number of rotatable bonds is 7. The van der Waals surface area contributed by atoms with Gasteiger partial charge < -0.3 is 10.1 Å². The van der Waals surface area contributed by atoms with Crippen LogP contribution in [0.25, 0.3) is 0 Å². The molecule has 0 unspecified atom stereocenters. The van der Waals surface area contributed by atoms with E-state index < -0.39 is 34.9 Å². The quantitative estimate of drug-likeness (QED) is 0.344. The molecular weight excluding hydrogens is 413 g/mol. The highest BCUT2D eigenvalue weighted by molar-refractivity contribution is 7.99. The molecule has 10 heteroatoms. The van der Waals surface area contributed by atoms with Crippen molar-refractivity contribution in [2.45, 2.75) is 9.92 Å². The lowest BCUT2D eigenvalue weighted by Gasteiger charge is -2.09. The maximum Gasteiger partial charge on any atom is 0.341 e. The van der Waals surface area contributed by atoms with E-state index in [1.807, 2.05) is 30.3 Å². The molecule has 0 aliphatic heterocycles. The number of halogens is 1. The zero-order valence-corrected chi connectivity index (χ0v) is 16.1. The number of hydrogen-bond acceptors (Lipinski definition) is 7. The van der Waals surface area contributed by atoms with E-state index in [4.69, 9.17) is 4.74 Å².